The van der Waals surface area contributed by atoms with Gasteiger partial charge in [-0.15, -0.1) is 0 Å². The zero-order valence-electron chi connectivity index (χ0n) is 20.9. The van der Waals surface area contributed by atoms with Gasteiger partial charge in [0.2, 0.25) is 0 Å². The van der Waals surface area contributed by atoms with Crippen LogP contribution in [0, 0.1) is 20.2 Å². The quantitative estimate of drug-likeness (QED) is 0.160. The lowest BCUT2D eigenvalue weighted by Gasteiger charge is -2.43. The predicted molar refractivity (Wildman–Crippen MR) is 148 cm³/mol. The first kappa shape index (κ1) is 23.6. The molecule has 8 heteroatoms. The van der Waals surface area contributed by atoms with Gasteiger partial charge in [-0.05, 0) is 58.7 Å². The van der Waals surface area contributed by atoms with Gasteiger partial charge in [-0.3, -0.25) is 20.2 Å². The average molecular weight is 529 g/mol. The van der Waals surface area contributed by atoms with E-state index in [9.17, 15) is 20.2 Å². The zero-order chi connectivity index (χ0) is 27.4. The van der Waals surface area contributed by atoms with Gasteiger partial charge in [0.05, 0.1) is 9.85 Å². The van der Waals surface area contributed by atoms with Crippen molar-refractivity contribution >= 4 is 11.4 Å². The summed E-state index contributed by atoms with van der Waals surface area (Å²) in [5.41, 5.74) is 6.70. The molecule has 0 spiro atoms. The van der Waals surface area contributed by atoms with Crippen LogP contribution in [0.3, 0.4) is 0 Å². The molecule has 0 amide bonds. The van der Waals surface area contributed by atoms with Crippen LogP contribution in [0.15, 0.2) is 109 Å². The van der Waals surface area contributed by atoms with E-state index in [-0.39, 0.29) is 23.2 Å². The largest absolute Gasteiger partial charge is 0.457 e. The fraction of sp³-hybridized carbons (Fsp3) is 0.0625. The van der Waals surface area contributed by atoms with Crippen molar-refractivity contribution in [2.24, 2.45) is 0 Å². The number of nitro benzene ring substituents is 2. The van der Waals surface area contributed by atoms with Gasteiger partial charge in [0.25, 0.3) is 11.4 Å². The summed E-state index contributed by atoms with van der Waals surface area (Å²) in [5, 5.41) is 22.3. The summed E-state index contributed by atoms with van der Waals surface area (Å²) < 4.78 is 12.8. The topological polar surface area (TPSA) is 105 Å². The van der Waals surface area contributed by atoms with E-state index >= 15 is 0 Å². The molecule has 0 saturated carbocycles. The lowest BCUT2D eigenvalue weighted by molar-refractivity contribution is -0.385. The Bertz CT molecular complexity index is 1640. The van der Waals surface area contributed by atoms with Crippen LogP contribution in [-0.2, 0) is 0 Å². The van der Waals surface area contributed by atoms with E-state index < -0.39 is 9.85 Å². The third-order valence-electron chi connectivity index (χ3n) is 7.57. The lowest BCUT2D eigenvalue weighted by atomic mass is 9.60. The van der Waals surface area contributed by atoms with Crippen LogP contribution < -0.4 is 9.47 Å². The second kappa shape index (κ2) is 9.06. The fourth-order valence-electron chi connectivity index (χ4n) is 5.93. The van der Waals surface area contributed by atoms with Crippen molar-refractivity contribution in [3.63, 3.8) is 0 Å². The molecule has 0 aromatic heterocycles. The molecule has 0 fully saturated rings. The number of non-ortho nitro benzene ring substituents is 2. The number of nitro groups is 2. The van der Waals surface area contributed by atoms with Crippen LogP contribution in [0.25, 0.3) is 0 Å². The minimum Gasteiger partial charge on any atom is -0.457 e. The third kappa shape index (κ3) is 3.69. The highest BCUT2D eigenvalue weighted by Gasteiger charge is 2.44. The number of hydrogen-bond donors (Lipinski definition) is 0. The van der Waals surface area contributed by atoms with Crippen LogP contribution >= 0.6 is 0 Å². The van der Waals surface area contributed by atoms with Crippen molar-refractivity contribution < 1.29 is 19.3 Å². The van der Waals surface area contributed by atoms with Crippen molar-refractivity contribution in [2.75, 3.05) is 0 Å². The van der Waals surface area contributed by atoms with E-state index in [2.05, 4.69) is 24.3 Å². The summed E-state index contributed by atoms with van der Waals surface area (Å²) in [6.45, 7) is 0. The molecule has 8 nitrogen and oxygen atoms in total. The highest BCUT2D eigenvalue weighted by atomic mass is 16.6. The van der Waals surface area contributed by atoms with Gasteiger partial charge in [-0.2, -0.15) is 0 Å². The van der Waals surface area contributed by atoms with Gasteiger partial charge in [0.1, 0.15) is 23.0 Å². The normalized spacial score (nSPS) is 15.9. The van der Waals surface area contributed by atoms with Gasteiger partial charge in [-0.25, -0.2) is 0 Å². The molecular formula is C32H20N2O6. The van der Waals surface area contributed by atoms with Crippen LogP contribution in [0.5, 0.6) is 23.0 Å². The molecule has 3 aliphatic carbocycles. The smallest absolute Gasteiger partial charge is 0.269 e. The van der Waals surface area contributed by atoms with Gasteiger partial charge >= 0.3 is 0 Å². The summed E-state index contributed by atoms with van der Waals surface area (Å²) >= 11 is 0. The monoisotopic (exact) mass is 528 g/mol. The molecule has 5 aromatic rings. The van der Waals surface area contributed by atoms with Crippen molar-refractivity contribution in [1.82, 2.24) is 0 Å². The molecule has 0 unspecified atom stereocenters. The van der Waals surface area contributed by atoms with Gasteiger partial charge in [-0.1, -0.05) is 48.5 Å². The molecule has 8 rings (SSSR count). The Kier molecular flexibility index (Phi) is 5.35. The molecule has 0 heterocycles. The van der Waals surface area contributed by atoms with E-state index in [1.165, 1.54) is 46.5 Å². The Hall–Kier alpha value is -5.50. The number of benzene rings is 5. The maximum absolute atomic E-state index is 11.1. The maximum atomic E-state index is 11.1. The maximum Gasteiger partial charge on any atom is 0.269 e. The van der Waals surface area contributed by atoms with Crippen molar-refractivity contribution in [3.05, 3.63) is 163 Å². The highest BCUT2D eigenvalue weighted by molar-refractivity contribution is 5.73. The van der Waals surface area contributed by atoms with Crippen LogP contribution in [0.1, 0.15) is 45.2 Å². The second-order valence-electron chi connectivity index (χ2n) is 9.72. The fourth-order valence-corrected chi connectivity index (χ4v) is 5.93. The van der Waals surface area contributed by atoms with Crippen molar-refractivity contribution in [3.8, 4) is 23.0 Å². The Morgan fingerprint density at radius 1 is 0.475 bits per heavy atom. The molecule has 40 heavy (non-hydrogen) atoms. The number of nitrogens with zero attached hydrogens (tertiary/aromatic N) is 2. The lowest BCUT2D eigenvalue weighted by Crippen LogP contribution is -2.28. The Morgan fingerprint density at radius 3 is 1.10 bits per heavy atom. The van der Waals surface area contributed by atoms with Crippen LogP contribution in [0.4, 0.5) is 11.4 Å². The molecule has 194 valence electrons. The second-order valence-corrected chi connectivity index (χ2v) is 9.72. The summed E-state index contributed by atoms with van der Waals surface area (Å²) in [6.07, 6.45) is 0. The number of ether oxygens (including phenoxy) is 2. The molecule has 5 aromatic carbocycles. The van der Waals surface area contributed by atoms with Crippen LogP contribution in [0.2, 0.25) is 0 Å². The molecule has 2 bridgehead atoms. The van der Waals surface area contributed by atoms with Gasteiger partial charge in [0, 0.05) is 47.2 Å². The van der Waals surface area contributed by atoms with E-state index in [0.29, 0.717) is 23.0 Å². The number of hydrogen-bond acceptors (Lipinski definition) is 6. The highest BCUT2D eigenvalue weighted by Crippen LogP contribution is 2.60. The summed E-state index contributed by atoms with van der Waals surface area (Å²) in [7, 11) is 0. The van der Waals surface area contributed by atoms with E-state index in [1.54, 1.807) is 24.3 Å². The zero-order valence-corrected chi connectivity index (χ0v) is 20.9. The minimum absolute atomic E-state index is 0.0110. The SMILES string of the molecule is O=[N+]([O-])c1ccc(Oc2ccc(Oc3ccc([N+](=O)[O-])cc3)c3c2C2c4ccccc4C3c3ccccc32)cc1. The predicted octanol–water partition coefficient (Wildman–Crippen LogP) is 8.07. The molecule has 0 aliphatic heterocycles. The summed E-state index contributed by atoms with van der Waals surface area (Å²) in [5.74, 6) is 2.03. The van der Waals surface area contributed by atoms with Gasteiger partial charge < -0.3 is 9.47 Å². The van der Waals surface area contributed by atoms with Crippen LogP contribution in [-0.4, -0.2) is 9.85 Å². The Balaban J connectivity index is 1.40. The van der Waals surface area contributed by atoms with E-state index in [4.69, 9.17) is 9.47 Å². The standard InChI is InChI=1S/C32H20N2O6/c35-33(36)19-9-13-21(14-10-19)39-27-17-18-28(40-22-15-11-20(12-16-22)34(37)38)32-30-24-6-2-1-5-23(24)29(31(27)32)25-7-3-4-8-26(25)30/h1-18,29-30H. The average Bonchev–Trinajstić information content (AvgIpc) is 2.98. The molecular weight excluding hydrogens is 508 g/mol. The molecule has 3 aliphatic rings. The molecule has 0 atom stereocenters. The molecule has 0 radical (unpaired) electrons. The Morgan fingerprint density at radius 2 is 0.800 bits per heavy atom. The minimum atomic E-state index is -0.442. The van der Waals surface area contributed by atoms with Crippen molar-refractivity contribution in [2.45, 2.75) is 11.8 Å². The first-order chi connectivity index (χ1) is 19.5. The van der Waals surface area contributed by atoms with Gasteiger partial charge in [0.15, 0.2) is 0 Å². The molecule has 0 saturated heterocycles. The first-order valence-corrected chi connectivity index (χ1v) is 12.7. The first-order valence-electron chi connectivity index (χ1n) is 12.7. The Labute approximate surface area is 228 Å². The molecule has 0 N–H and O–H groups in total. The van der Waals surface area contributed by atoms with Crippen molar-refractivity contribution in [1.29, 1.82) is 0 Å². The third-order valence-corrected chi connectivity index (χ3v) is 7.57. The number of rotatable bonds is 6. The summed E-state index contributed by atoms with van der Waals surface area (Å²) in [6, 6.07) is 32.5. The van der Waals surface area contributed by atoms with E-state index in [0.717, 1.165) is 11.1 Å². The summed E-state index contributed by atoms with van der Waals surface area (Å²) in [4.78, 5) is 21.4. The van der Waals surface area contributed by atoms with E-state index in [1.807, 2.05) is 36.4 Å².